The molecule has 0 bridgehead atoms. The van der Waals surface area contributed by atoms with Crippen molar-refractivity contribution in [1.29, 1.82) is 0 Å². The predicted octanol–water partition coefficient (Wildman–Crippen LogP) is -0.533. The van der Waals surface area contributed by atoms with Gasteiger partial charge in [0, 0.05) is 12.1 Å². The van der Waals surface area contributed by atoms with Crippen molar-refractivity contribution in [2.24, 2.45) is 0 Å². The van der Waals surface area contributed by atoms with Crippen LogP contribution < -0.4 is 5.32 Å². The van der Waals surface area contributed by atoms with Gasteiger partial charge in [0.1, 0.15) is 0 Å². The van der Waals surface area contributed by atoms with Crippen molar-refractivity contribution in [3.05, 3.63) is 0 Å². The molecule has 14 heavy (non-hydrogen) atoms. The van der Waals surface area contributed by atoms with Crippen LogP contribution in [0.4, 0.5) is 0 Å². The molecular weight excluding hydrogens is 200 g/mol. The molecule has 4 nitrogen and oxygen atoms in total. The molecule has 1 N–H and O–H groups in total. The number of likely N-dealkylation sites (N-methyl/N-ethyl adjacent to an activating group) is 1. The van der Waals surface area contributed by atoms with Crippen molar-refractivity contribution < 1.29 is 8.42 Å². The van der Waals surface area contributed by atoms with E-state index in [1.807, 2.05) is 0 Å². The average molecular weight is 218 g/mol. The smallest absolute Gasteiger partial charge is 0.153 e. The van der Waals surface area contributed by atoms with E-state index in [0.29, 0.717) is 11.5 Å². The van der Waals surface area contributed by atoms with Crippen LogP contribution in [0.5, 0.6) is 0 Å². The summed E-state index contributed by atoms with van der Waals surface area (Å²) in [5.41, 5.74) is 0. The fourth-order valence-electron chi connectivity index (χ4n) is 2.51. The Morgan fingerprint density at radius 2 is 2.21 bits per heavy atom. The summed E-state index contributed by atoms with van der Waals surface area (Å²) in [5.74, 6) is 0.673. The van der Waals surface area contributed by atoms with Gasteiger partial charge in [0.05, 0.1) is 11.5 Å². The highest BCUT2D eigenvalue weighted by molar-refractivity contribution is 7.91. The fourth-order valence-corrected chi connectivity index (χ4v) is 4.50. The Morgan fingerprint density at radius 1 is 1.43 bits per heavy atom. The molecule has 2 rings (SSSR count). The van der Waals surface area contributed by atoms with Gasteiger partial charge in [-0.1, -0.05) is 6.92 Å². The van der Waals surface area contributed by atoms with Crippen LogP contribution >= 0.6 is 0 Å². The molecule has 5 heteroatoms. The highest BCUT2D eigenvalue weighted by Gasteiger charge is 2.40. The summed E-state index contributed by atoms with van der Waals surface area (Å²) in [4.78, 5) is 2.30. The minimum atomic E-state index is -2.79. The van der Waals surface area contributed by atoms with Gasteiger partial charge < -0.3 is 5.32 Å². The van der Waals surface area contributed by atoms with Crippen LogP contribution in [0.2, 0.25) is 0 Å². The third-order valence-corrected chi connectivity index (χ3v) is 4.94. The Labute approximate surface area is 85.6 Å². The number of sulfone groups is 1. The molecule has 0 aromatic rings. The minimum absolute atomic E-state index is 0.169. The zero-order valence-corrected chi connectivity index (χ0v) is 9.39. The predicted molar refractivity (Wildman–Crippen MR) is 56.1 cm³/mol. The quantitative estimate of drug-likeness (QED) is 0.642. The van der Waals surface area contributed by atoms with Gasteiger partial charge in [0.15, 0.2) is 9.84 Å². The van der Waals surface area contributed by atoms with E-state index in [0.717, 1.165) is 26.1 Å². The molecule has 82 valence electrons. The van der Waals surface area contributed by atoms with E-state index < -0.39 is 9.84 Å². The van der Waals surface area contributed by atoms with Crippen molar-refractivity contribution in [1.82, 2.24) is 10.2 Å². The summed E-state index contributed by atoms with van der Waals surface area (Å²) < 4.78 is 23.0. The molecule has 0 amide bonds. The second-order valence-corrected chi connectivity index (χ2v) is 6.34. The standard InChI is InChI=1S/C9H18N2O2S/c1-2-11-5-3-4-10-8-6-14(12,13)7-9(8)11/h8-10H,2-7H2,1H3. The lowest BCUT2D eigenvalue weighted by molar-refractivity contribution is 0.218. The number of hydrogen-bond donors (Lipinski definition) is 1. The van der Waals surface area contributed by atoms with E-state index in [2.05, 4.69) is 17.1 Å². The van der Waals surface area contributed by atoms with E-state index in [4.69, 9.17) is 0 Å². The summed E-state index contributed by atoms with van der Waals surface area (Å²) in [5, 5.41) is 3.34. The molecule has 2 saturated heterocycles. The highest BCUT2D eigenvalue weighted by Crippen LogP contribution is 2.20. The largest absolute Gasteiger partial charge is 0.311 e. The van der Waals surface area contributed by atoms with Gasteiger partial charge in [-0.05, 0) is 26.1 Å². The van der Waals surface area contributed by atoms with E-state index in [1.54, 1.807) is 0 Å². The summed E-state index contributed by atoms with van der Waals surface area (Å²) in [6.07, 6.45) is 1.13. The summed E-state index contributed by atoms with van der Waals surface area (Å²) in [6, 6.07) is 0.384. The number of hydrogen-bond acceptors (Lipinski definition) is 4. The van der Waals surface area contributed by atoms with Crippen LogP contribution in [0.15, 0.2) is 0 Å². The van der Waals surface area contributed by atoms with E-state index in [1.165, 1.54) is 0 Å². The van der Waals surface area contributed by atoms with Crippen molar-refractivity contribution >= 4 is 9.84 Å². The Bertz CT molecular complexity index is 302. The summed E-state index contributed by atoms with van der Waals surface area (Å²) in [7, 11) is -2.79. The second kappa shape index (κ2) is 3.79. The maximum Gasteiger partial charge on any atom is 0.153 e. The van der Waals surface area contributed by atoms with Gasteiger partial charge in [0.2, 0.25) is 0 Å². The summed E-state index contributed by atoms with van der Waals surface area (Å²) in [6.45, 7) is 5.04. The van der Waals surface area contributed by atoms with Crippen LogP contribution in [0.1, 0.15) is 13.3 Å². The maximum absolute atomic E-state index is 11.5. The molecule has 0 saturated carbocycles. The number of rotatable bonds is 1. The van der Waals surface area contributed by atoms with Gasteiger partial charge >= 0.3 is 0 Å². The van der Waals surface area contributed by atoms with Gasteiger partial charge in [-0.25, -0.2) is 8.42 Å². The van der Waals surface area contributed by atoms with Crippen LogP contribution in [0, 0.1) is 0 Å². The molecule has 2 aliphatic rings. The first-order valence-corrected chi connectivity index (χ1v) is 7.12. The molecule has 2 fully saturated rings. The lowest BCUT2D eigenvalue weighted by Crippen LogP contribution is -2.46. The topological polar surface area (TPSA) is 49.4 Å². The summed E-state index contributed by atoms with van der Waals surface area (Å²) >= 11 is 0. The van der Waals surface area contributed by atoms with Crippen molar-refractivity contribution in [2.45, 2.75) is 25.4 Å². The SMILES string of the molecule is CCN1CCCNC2CS(=O)(=O)CC21. The molecule has 0 radical (unpaired) electrons. The van der Waals surface area contributed by atoms with E-state index in [9.17, 15) is 8.42 Å². The first kappa shape index (κ1) is 10.4. The Kier molecular flexibility index (Phi) is 2.81. The molecule has 2 heterocycles. The molecule has 2 atom stereocenters. The number of fused-ring (bicyclic) bond motifs is 1. The second-order valence-electron chi connectivity index (χ2n) is 4.19. The number of nitrogens with zero attached hydrogens (tertiary/aromatic N) is 1. The highest BCUT2D eigenvalue weighted by atomic mass is 32.2. The van der Waals surface area contributed by atoms with Crippen molar-refractivity contribution in [3.8, 4) is 0 Å². The molecule has 0 aromatic carbocycles. The van der Waals surface area contributed by atoms with Crippen LogP contribution in [0.25, 0.3) is 0 Å². The van der Waals surface area contributed by atoms with Crippen LogP contribution in [-0.4, -0.2) is 56.5 Å². The first-order chi connectivity index (χ1) is 6.62. The number of nitrogens with one attached hydrogen (secondary N) is 1. The van der Waals surface area contributed by atoms with Gasteiger partial charge in [-0.3, -0.25) is 4.90 Å². The lowest BCUT2D eigenvalue weighted by atomic mass is 10.1. The Morgan fingerprint density at radius 3 is 2.93 bits per heavy atom. The lowest BCUT2D eigenvalue weighted by Gasteiger charge is -2.27. The minimum Gasteiger partial charge on any atom is -0.311 e. The third kappa shape index (κ3) is 1.94. The monoisotopic (exact) mass is 218 g/mol. The molecule has 0 aromatic heterocycles. The maximum atomic E-state index is 11.5. The van der Waals surface area contributed by atoms with E-state index >= 15 is 0 Å². The first-order valence-electron chi connectivity index (χ1n) is 5.30. The molecule has 2 unspecified atom stereocenters. The van der Waals surface area contributed by atoms with Gasteiger partial charge in [-0.15, -0.1) is 0 Å². The molecule has 0 spiro atoms. The Balaban J connectivity index is 2.18. The van der Waals surface area contributed by atoms with Crippen molar-refractivity contribution in [2.75, 3.05) is 31.1 Å². The third-order valence-electron chi connectivity index (χ3n) is 3.23. The van der Waals surface area contributed by atoms with E-state index in [-0.39, 0.29) is 12.1 Å². The molecular formula is C9H18N2O2S. The molecule has 2 aliphatic heterocycles. The zero-order valence-electron chi connectivity index (χ0n) is 8.57. The molecule has 0 aliphatic carbocycles. The zero-order chi connectivity index (χ0) is 10.2. The normalized spacial score (nSPS) is 37.8. The average Bonchev–Trinajstić information content (AvgIpc) is 2.29. The Hall–Kier alpha value is -0.130. The van der Waals surface area contributed by atoms with Crippen LogP contribution in [0.3, 0.4) is 0 Å². The van der Waals surface area contributed by atoms with Crippen molar-refractivity contribution in [3.63, 3.8) is 0 Å². The van der Waals surface area contributed by atoms with Crippen LogP contribution in [-0.2, 0) is 9.84 Å². The van der Waals surface area contributed by atoms with Gasteiger partial charge in [0.25, 0.3) is 0 Å². The van der Waals surface area contributed by atoms with Gasteiger partial charge in [-0.2, -0.15) is 0 Å². The fraction of sp³-hybridized carbons (Fsp3) is 1.00.